The van der Waals surface area contributed by atoms with Crippen molar-refractivity contribution in [2.45, 2.75) is 19.3 Å². The summed E-state index contributed by atoms with van der Waals surface area (Å²) in [6, 6.07) is 82.7. The first-order valence-electron chi connectivity index (χ1n) is 21.8. The topological polar surface area (TPSA) is 3.24 Å². The number of hydrogen-bond acceptors (Lipinski definition) is 2. The fourth-order valence-corrected chi connectivity index (χ4v) is 11.3. The molecule has 0 unspecified atom stereocenters. The molecular formula is C61H43NS. The van der Waals surface area contributed by atoms with Gasteiger partial charge in [-0.3, -0.25) is 0 Å². The number of rotatable bonds is 7. The highest BCUT2D eigenvalue weighted by Crippen LogP contribution is 2.55. The summed E-state index contributed by atoms with van der Waals surface area (Å²) < 4.78 is 2.60. The van der Waals surface area contributed by atoms with E-state index >= 15 is 0 Å². The van der Waals surface area contributed by atoms with Crippen molar-refractivity contribution in [3.8, 4) is 55.6 Å². The van der Waals surface area contributed by atoms with Crippen molar-refractivity contribution in [2.24, 2.45) is 0 Å². The molecular weight excluding hydrogens is 779 g/mol. The summed E-state index contributed by atoms with van der Waals surface area (Å²) in [4.78, 5) is 2.50. The predicted molar refractivity (Wildman–Crippen MR) is 271 cm³/mol. The maximum absolute atomic E-state index is 2.50. The third-order valence-corrected chi connectivity index (χ3v) is 14.5. The van der Waals surface area contributed by atoms with Crippen molar-refractivity contribution < 1.29 is 0 Å². The first kappa shape index (κ1) is 37.3. The summed E-state index contributed by atoms with van der Waals surface area (Å²) in [5.74, 6) is 0. The van der Waals surface area contributed by atoms with E-state index in [1.165, 1.54) is 109 Å². The smallest absolute Gasteiger partial charge is 0.0640 e. The molecule has 0 spiro atoms. The van der Waals surface area contributed by atoms with E-state index in [0.29, 0.717) is 0 Å². The van der Waals surface area contributed by atoms with Gasteiger partial charge in [-0.1, -0.05) is 208 Å². The van der Waals surface area contributed by atoms with Crippen LogP contribution in [0, 0.1) is 0 Å². The normalized spacial score (nSPS) is 12.7. The Balaban J connectivity index is 0.858. The van der Waals surface area contributed by atoms with Gasteiger partial charge in [0.1, 0.15) is 0 Å². The van der Waals surface area contributed by atoms with Crippen molar-refractivity contribution in [3.63, 3.8) is 0 Å². The van der Waals surface area contributed by atoms with Gasteiger partial charge in [0, 0.05) is 32.1 Å². The third kappa shape index (κ3) is 6.21. The summed E-state index contributed by atoms with van der Waals surface area (Å²) >= 11 is 1.88. The number of fused-ring (bicyclic) bond motifs is 7. The van der Waals surface area contributed by atoms with Crippen LogP contribution in [0.15, 0.2) is 224 Å². The molecule has 10 aromatic carbocycles. The quantitative estimate of drug-likeness (QED) is 0.155. The molecule has 1 heterocycles. The number of thiophene rings is 1. The molecule has 0 bridgehead atoms. The highest BCUT2D eigenvalue weighted by Gasteiger charge is 2.38. The van der Waals surface area contributed by atoms with E-state index in [1.54, 1.807) is 0 Å². The van der Waals surface area contributed by atoms with Gasteiger partial charge in [0.15, 0.2) is 0 Å². The molecule has 1 aliphatic rings. The molecule has 12 rings (SSSR count). The molecule has 0 fully saturated rings. The minimum absolute atomic E-state index is 0.0965. The standard InChI is InChI=1S/C61H43NS/c1-61(2)54-19-7-5-16-53(54)59-55(61)20-11-21-56(59)62(57-22-10-18-52-51-15-6-8-23-58(51)63-60(52)57)48-38-36-45(37-39-48)43-30-28-41(29-31-43)40-24-26-42(27-25-40)44-32-34-47(35-33-44)50-17-9-13-46-12-3-4-14-49(46)50/h3-39H,1-2H3. The first-order chi connectivity index (χ1) is 31.0. The highest BCUT2D eigenvalue weighted by atomic mass is 32.1. The van der Waals surface area contributed by atoms with Crippen molar-refractivity contribution in [1.29, 1.82) is 0 Å². The molecule has 0 N–H and O–H groups in total. The van der Waals surface area contributed by atoms with Crippen LogP contribution in [0.3, 0.4) is 0 Å². The number of nitrogens with zero attached hydrogens (tertiary/aromatic N) is 1. The summed E-state index contributed by atoms with van der Waals surface area (Å²) in [6.07, 6.45) is 0. The lowest BCUT2D eigenvalue weighted by Gasteiger charge is -2.29. The maximum atomic E-state index is 2.50. The van der Waals surface area contributed by atoms with Crippen LogP contribution in [0.1, 0.15) is 25.0 Å². The Morgan fingerprint density at radius 2 is 0.810 bits per heavy atom. The lowest BCUT2D eigenvalue weighted by molar-refractivity contribution is 0.660. The Morgan fingerprint density at radius 3 is 1.49 bits per heavy atom. The summed E-state index contributed by atoms with van der Waals surface area (Å²) in [6.45, 7) is 4.72. The molecule has 1 aliphatic carbocycles. The van der Waals surface area contributed by atoms with Gasteiger partial charge in [-0.05, 0) is 102 Å². The molecule has 0 saturated heterocycles. The molecule has 298 valence electrons. The van der Waals surface area contributed by atoms with Gasteiger partial charge in [0.2, 0.25) is 0 Å². The summed E-state index contributed by atoms with van der Waals surface area (Å²) in [5.41, 5.74) is 18.6. The van der Waals surface area contributed by atoms with Crippen molar-refractivity contribution >= 4 is 59.3 Å². The fraction of sp³-hybridized carbons (Fsp3) is 0.0492. The minimum atomic E-state index is -0.0965. The molecule has 1 aromatic heterocycles. The van der Waals surface area contributed by atoms with E-state index in [1.807, 2.05) is 11.3 Å². The Morgan fingerprint density at radius 1 is 0.349 bits per heavy atom. The molecule has 0 radical (unpaired) electrons. The van der Waals surface area contributed by atoms with Crippen LogP contribution in [0.4, 0.5) is 17.1 Å². The maximum Gasteiger partial charge on any atom is 0.0640 e. The van der Waals surface area contributed by atoms with Crippen LogP contribution in [-0.4, -0.2) is 0 Å². The molecule has 11 aromatic rings. The Kier molecular flexibility index (Phi) is 8.77. The van der Waals surface area contributed by atoms with Gasteiger partial charge >= 0.3 is 0 Å². The SMILES string of the molecule is CC1(C)c2ccccc2-c2c(N(c3ccc(-c4ccc(-c5ccc(-c6ccc(-c7cccc8ccccc78)cc6)cc5)cc4)cc3)c3cccc4c3sc3ccccc34)cccc21. The minimum Gasteiger partial charge on any atom is -0.308 e. The van der Waals surface area contributed by atoms with Gasteiger partial charge in [0.25, 0.3) is 0 Å². The van der Waals surface area contributed by atoms with E-state index in [4.69, 9.17) is 0 Å². The Hall–Kier alpha value is -7.52. The molecule has 0 aliphatic heterocycles. The summed E-state index contributed by atoms with van der Waals surface area (Å²) in [5, 5.41) is 5.15. The van der Waals surface area contributed by atoms with E-state index in [0.717, 1.165) is 5.69 Å². The fourth-order valence-electron chi connectivity index (χ4n) is 10.1. The van der Waals surface area contributed by atoms with Gasteiger partial charge in [-0.25, -0.2) is 0 Å². The number of anilines is 3. The molecule has 0 amide bonds. The van der Waals surface area contributed by atoms with Gasteiger partial charge in [-0.2, -0.15) is 0 Å². The van der Waals surface area contributed by atoms with Crippen LogP contribution < -0.4 is 4.90 Å². The third-order valence-electron chi connectivity index (χ3n) is 13.3. The van der Waals surface area contributed by atoms with Gasteiger partial charge in [0.05, 0.1) is 16.1 Å². The number of benzene rings is 10. The molecule has 0 atom stereocenters. The van der Waals surface area contributed by atoms with E-state index in [9.17, 15) is 0 Å². The van der Waals surface area contributed by atoms with Crippen molar-refractivity contribution in [2.75, 3.05) is 4.90 Å². The van der Waals surface area contributed by atoms with Crippen LogP contribution in [-0.2, 0) is 5.41 Å². The zero-order chi connectivity index (χ0) is 42.1. The van der Waals surface area contributed by atoms with E-state index < -0.39 is 0 Å². The molecule has 1 nitrogen and oxygen atoms in total. The monoisotopic (exact) mass is 821 g/mol. The van der Waals surface area contributed by atoms with Crippen LogP contribution in [0.2, 0.25) is 0 Å². The average molecular weight is 822 g/mol. The molecule has 0 saturated carbocycles. The zero-order valence-electron chi connectivity index (χ0n) is 35.2. The molecule has 2 heteroatoms. The van der Waals surface area contributed by atoms with Crippen LogP contribution >= 0.6 is 11.3 Å². The average Bonchev–Trinajstić information content (AvgIpc) is 3.84. The van der Waals surface area contributed by atoms with E-state index in [2.05, 4.69) is 243 Å². The molecule has 63 heavy (non-hydrogen) atoms. The Bertz CT molecular complexity index is 3500. The van der Waals surface area contributed by atoms with Gasteiger partial charge < -0.3 is 4.90 Å². The van der Waals surface area contributed by atoms with Crippen molar-refractivity contribution in [3.05, 3.63) is 236 Å². The second kappa shape index (κ2) is 14.8. The second-order valence-corrected chi connectivity index (χ2v) is 18.3. The highest BCUT2D eigenvalue weighted by molar-refractivity contribution is 7.26. The predicted octanol–water partition coefficient (Wildman–Crippen LogP) is 17.7. The van der Waals surface area contributed by atoms with Crippen LogP contribution in [0.5, 0.6) is 0 Å². The van der Waals surface area contributed by atoms with Crippen molar-refractivity contribution in [1.82, 2.24) is 0 Å². The first-order valence-corrected chi connectivity index (χ1v) is 22.6. The lowest BCUT2D eigenvalue weighted by Crippen LogP contribution is -2.16. The largest absolute Gasteiger partial charge is 0.308 e. The lowest BCUT2D eigenvalue weighted by atomic mass is 9.82. The summed E-state index contributed by atoms with van der Waals surface area (Å²) in [7, 11) is 0. The zero-order valence-corrected chi connectivity index (χ0v) is 36.0. The number of hydrogen-bond donors (Lipinski definition) is 0. The second-order valence-electron chi connectivity index (χ2n) is 17.3. The van der Waals surface area contributed by atoms with Gasteiger partial charge in [-0.15, -0.1) is 11.3 Å². The van der Waals surface area contributed by atoms with Crippen LogP contribution in [0.25, 0.3) is 86.6 Å². The van der Waals surface area contributed by atoms with E-state index in [-0.39, 0.29) is 5.41 Å². The Labute approximate surface area is 372 Å².